The Morgan fingerprint density at radius 3 is 1.33 bits per heavy atom. The Balaban J connectivity index is 4.14. The minimum atomic E-state index is -1.09. The number of rotatable bonds is 16. The van der Waals surface area contributed by atoms with E-state index in [2.05, 4.69) is 13.8 Å². The van der Waals surface area contributed by atoms with Gasteiger partial charge in [-0.05, 0) is 26.7 Å². The SMILES string of the molecule is CCCCCCOC(=O)C(C)OC(=O)/C=C\C(=O)OC(C)C(=O)OCCCCCC. The van der Waals surface area contributed by atoms with Crippen molar-refractivity contribution in [3.63, 3.8) is 0 Å². The first-order valence-corrected chi connectivity index (χ1v) is 10.7. The predicted octanol–water partition coefficient (Wildman–Crippen LogP) is 3.65. The molecule has 0 aromatic rings. The highest BCUT2D eigenvalue weighted by Crippen LogP contribution is 2.03. The zero-order chi connectivity index (χ0) is 22.8. The summed E-state index contributed by atoms with van der Waals surface area (Å²) >= 11 is 0. The van der Waals surface area contributed by atoms with E-state index in [1.54, 1.807) is 0 Å². The van der Waals surface area contributed by atoms with E-state index in [1.165, 1.54) is 13.8 Å². The molecule has 0 aromatic heterocycles. The van der Waals surface area contributed by atoms with Crippen LogP contribution in [0.15, 0.2) is 12.2 Å². The molecule has 0 heterocycles. The van der Waals surface area contributed by atoms with Crippen LogP contribution in [0.2, 0.25) is 0 Å². The highest BCUT2D eigenvalue weighted by Gasteiger charge is 2.20. The molecule has 0 aliphatic heterocycles. The third kappa shape index (κ3) is 14.6. The van der Waals surface area contributed by atoms with Crippen LogP contribution < -0.4 is 0 Å². The molecule has 0 rings (SSSR count). The van der Waals surface area contributed by atoms with Gasteiger partial charge in [0.05, 0.1) is 13.2 Å². The molecule has 0 saturated heterocycles. The molecule has 0 fully saturated rings. The monoisotopic (exact) mass is 428 g/mol. The zero-order valence-electron chi connectivity index (χ0n) is 18.6. The van der Waals surface area contributed by atoms with Gasteiger partial charge in [-0.3, -0.25) is 0 Å². The molecule has 8 nitrogen and oxygen atoms in total. The minimum absolute atomic E-state index is 0.273. The van der Waals surface area contributed by atoms with Crippen LogP contribution in [0.1, 0.15) is 79.1 Å². The lowest BCUT2D eigenvalue weighted by Gasteiger charge is -2.12. The third-order valence-electron chi connectivity index (χ3n) is 4.09. The summed E-state index contributed by atoms with van der Waals surface area (Å²) in [6.07, 6.45) is 7.21. The van der Waals surface area contributed by atoms with E-state index in [1.807, 2.05) is 0 Å². The summed E-state index contributed by atoms with van der Waals surface area (Å²) in [7, 11) is 0. The second-order valence-electron chi connectivity index (χ2n) is 6.95. The molecule has 2 unspecified atom stereocenters. The van der Waals surface area contributed by atoms with Crippen LogP contribution in [-0.4, -0.2) is 49.3 Å². The Labute approximate surface area is 179 Å². The number of carbonyl (C=O) groups excluding carboxylic acids is 4. The molecule has 0 bridgehead atoms. The Kier molecular flexibility index (Phi) is 16.1. The zero-order valence-corrected chi connectivity index (χ0v) is 18.6. The molecular formula is C22H36O8. The van der Waals surface area contributed by atoms with Gasteiger partial charge < -0.3 is 18.9 Å². The molecular weight excluding hydrogens is 392 g/mol. The maximum atomic E-state index is 11.7. The minimum Gasteiger partial charge on any atom is -0.463 e. The fourth-order valence-electron chi connectivity index (χ4n) is 2.30. The predicted molar refractivity (Wildman–Crippen MR) is 110 cm³/mol. The largest absolute Gasteiger partial charge is 0.463 e. The van der Waals surface area contributed by atoms with Crippen molar-refractivity contribution in [1.82, 2.24) is 0 Å². The molecule has 0 saturated carbocycles. The first-order chi connectivity index (χ1) is 14.3. The lowest BCUT2D eigenvalue weighted by Crippen LogP contribution is -2.27. The molecule has 0 aromatic carbocycles. The summed E-state index contributed by atoms with van der Waals surface area (Å²) in [5.41, 5.74) is 0. The number of carbonyl (C=O) groups is 4. The molecule has 0 aliphatic carbocycles. The van der Waals surface area contributed by atoms with E-state index < -0.39 is 36.1 Å². The van der Waals surface area contributed by atoms with E-state index in [-0.39, 0.29) is 13.2 Å². The fourth-order valence-corrected chi connectivity index (χ4v) is 2.30. The van der Waals surface area contributed by atoms with Gasteiger partial charge in [0, 0.05) is 12.2 Å². The Morgan fingerprint density at radius 2 is 1.00 bits per heavy atom. The maximum absolute atomic E-state index is 11.7. The molecule has 0 amide bonds. The normalized spacial score (nSPS) is 12.8. The van der Waals surface area contributed by atoms with Gasteiger partial charge in [-0.15, -0.1) is 0 Å². The van der Waals surface area contributed by atoms with Crippen LogP contribution in [0.25, 0.3) is 0 Å². The number of unbranched alkanes of at least 4 members (excludes halogenated alkanes) is 6. The van der Waals surface area contributed by atoms with Crippen molar-refractivity contribution in [3.05, 3.63) is 12.2 Å². The van der Waals surface area contributed by atoms with Gasteiger partial charge in [-0.1, -0.05) is 52.4 Å². The van der Waals surface area contributed by atoms with E-state index in [4.69, 9.17) is 18.9 Å². The van der Waals surface area contributed by atoms with Crippen molar-refractivity contribution in [2.24, 2.45) is 0 Å². The summed E-state index contributed by atoms with van der Waals surface area (Å²) in [4.78, 5) is 46.9. The van der Waals surface area contributed by atoms with Crippen LogP contribution in [0, 0.1) is 0 Å². The standard InChI is InChI=1S/C22H36O8/c1-5-7-9-11-15-27-21(25)17(3)29-19(23)13-14-20(24)30-18(4)22(26)28-16-12-10-8-6-2/h13-14,17-18H,5-12,15-16H2,1-4H3/b14-13-. The van der Waals surface area contributed by atoms with Crippen molar-refractivity contribution in [1.29, 1.82) is 0 Å². The van der Waals surface area contributed by atoms with Crippen molar-refractivity contribution in [2.75, 3.05) is 13.2 Å². The smallest absolute Gasteiger partial charge is 0.347 e. The van der Waals surface area contributed by atoms with Crippen molar-refractivity contribution < 1.29 is 38.1 Å². The molecule has 8 heteroatoms. The third-order valence-corrected chi connectivity index (χ3v) is 4.09. The van der Waals surface area contributed by atoms with Crippen molar-refractivity contribution in [3.8, 4) is 0 Å². The van der Waals surface area contributed by atoms with E-state index in [0.29, 0.717) is 0 Å². The molecule has 0 spiro atoms. The second-order valence-corrected chi connectivity index (χ2v) is 6.95. The summed E-state index contributed by atoms with van der Waals surface area (Å²) in [5.74, 6) is -3.08. The molecule has 0 aliphatic rings. The van der Waals surface area contributed by atoms with E-state index in [9.17, 15) is 19.2 Å². The Bertz CT molecular complexity index is 507. The lowest BCUT2D eigenvalue weighted by atomic mass is 10.2. The highest BCUT2D eigenvalue weighted by atomic mass is 16.6. The molecule has 172 valence electrons. The maximum Gasteiger partial charge on any atom is 0.347 e. The van der Waals surface area contributed by atoms with Crippen LogP contribution in [-0.2, 0) is 38.1 Å². The quantitative estimate of drug-likeness (QED) is 0.159. The van der Waals surface area contributed by atoms with E-state index in [0.717, 1.165) is 63.5 Å². The van der Waals surface area contributed by atoms with Gasteiger partial charge in [0.25, 0.3) is 0 Å². The average Bonchev–Trinajstić information content (AvgIpc) is 2.71. The first kappa shape index (κ1) is 27.6. The molecule has 30 heavy (non-hydrogen) atoms. The van der Waals surface area contributed by atoms with Gasteiger partial charge in [0.1, 0.15) is 0 Å². The molecule has 0 N–H and O–H groups in total. The van der Waals surface area contributed by atoms with Crippen LogP contribution in [0.3, 0.4) is 0 Å². The average molecular weight is 429 g/mol. The molecule has 0 radical (unpaired) electrons. The number of esters is 4. The van der Waals surface area contributed by atoms with Gasteiger partial charge in [0.15, 0.2) is 12.2 Å². The van der Waals surface area contributed by atoms with Crippen LogP contribution >= 0.6 is 0 Å². The number of ether oxygens (including phenoxy) is 4. The number of hydrogen-bond donors (Lipinski definition) is 0. The van der Waals surface area contributed by atoms with Gasteiger partial charge in [0.2, 0.25) is 0 Å². The summed E-state index contributed by atoms with van der Waals surface area (Å²) < 4.78 is 19.8. The topological polar surface area (TPSA) is 105 Å². The van der Waals surface area contributed by atoms with Gasteiger partial charge >= 0.3 is 23.9 Å². The lowest BCUT2D eigenvalue weighted by molar-refractivity contribution is -0.164. The summed E-state index contributed by atoms with van der Waals surface area (Å²) in [6.45, 7) is 7.48. The second kappa shape index (κ2) is 17.5. The Morgan fingerprint density at radius 1 is 0.633 bits per heavy atom. The fraction of sp³-hybridized carbons (Fsp3) is 0.727. The van der Waals surface area contributed by atoms with Crippen molar-refractivity contribution in [2.45, 2.75) is 91.3 Å². The Hall–Kier alpha value is -2.38. The highest BCUT2D eigenvalue weighted by molar-refractivity contribution is 5.93. The first-order valence-electron chi connectivity index (χ1n) is 10.7. The van der Waals surface area contributed by atoms with Gasteiger partial charge in [-0.2, -0.15) is 0 Å². The summed E-state index contributed by atoms with van der Waals surface area (Å²) in [6, 6.07) is 0. The van der Waals surface area contributed by atoms with E-state index >= 15 is 0 Å². The van der Waals surface area contributed by atoms with Crippen LogP contribution in [0.4, 0.5) is 0 Å². The molecule has 2 atom stereocenters. The van der Waals surface area contributed by atoms with Crippen molar-refractivity contribution >= 4 is 23.9 Å². The summed E-state index contributed by atoms with van der Waals surface area (Å²) in [5, 5.41) is 0. The number of hydrogen-bond acceptors (Lipinski definition) is 8. The van der Waals surface area contributed by atoms with Crippen LogP contribution in [0.5, 0.6) is 0 Å². The van der Waals surface area contributed by atoms with Gasteiger partial charge in [-0.25, -0.2) is 19.2 Å².